The fraction of sp³-hybridized carbons (Fsp3) is 0.444. The third kappa shape index (κ3) is 3.06. The summed E-state index contributed by atoms with van der Waals surface area (Å²) in [6, 6.07) is -0.364. The topological polar surface area (TPSA) is 96.2 Å². The molecule has 7 heteroatoms. The van der Waals surface area contributed by atoms with Gasteiger partial charge in [0.2, 0.25) is 5.91 Å². The Hall–Kier alpha value is -1.89. The molecule has 0 saturated heterocycles. The Morgan fingerprint density at radius 3 is 2.62 bits per heavy atom. The zero-order valence-corrected chi connectivity index (χ0v) is 9.56. The maximum Gasteiger partial charge on any atom is 0.244 e. The van der Waals surface area contributed by atoms with Crippen LogP contribution < -0.4 is 16.6 Å². The van der Waals surface area contributed by atoms with Crippen molar-refractivity contribution in [2.24, 2.45) is 5.84 Å². The van der Waals surface area contributed by atoms with Crippen molar-refractivity contribution < 1.29 is 4.79 Å². The van der Waals surface area contributed by atoms with Gasteiger partial charge in [0.05, 0.1) is 12.4 Å². The van der Waals surface area contributed by atoms with Crippen LogP contribution in [0.2, 0.25) is 0 Å². The van der Waals surface area contributed by atoms with E-state index in [1.807, 2.05) is 0 Å². The van der Waals surface area contributed by atoms with Gasteiger partial charge in [-0.05, 0) is 6.92 Å². The van der Waals surface area contributed by atoms with Gasteiger partial charge in [-0.25, -0.2) is 10.8 Å². The van der Waals surface area contributed by atoms with Gasteiger partial charge in [0.15, 0.2) is 5.82 Å². The highest BCUT2D eigenvalue weighted by Crippen LogP contribution is 2.07. The van der Waals surface area contributed by atoms with E-state index in [4.69, 9.17) is 5.84 Å². The van der Waals surface area contributed by atoms with Gasteiger partial charge in [-0.3, -0.25) is 9.78 Å². The summed E-state index contributed by atoms with van der Waals surface area (Å²) in [5, 5.41) is 2.94. The van der Waals surface area contributed by atoms with Crippen LogP contribution in [0.5, 0.6) is 0 Å². The molecule has 1 amide bonds. The van der Waals surface area contributed by atoms with E-state index in [0.717, 1.165) is 0 Å². The Balaban J connectivity index is 2.69. The van der Waals surface area contributed by atoms with Crippen LogP contribution in [0, 0.1) is 0 Å². The molecule has 1 aromatic rings. The first-order valence-corrected chi connectivity index (χ1v) is 4.81. The second kappa shape index (κ2) is 5.26. The number of rotatable bonds is 4. The van der Waals surface area contributed by atoms with Gasteiger partial charge in [-0.15, -0.1) is 0 Å². The van der Waals surface area contributed by atoms with E-state index in [-0.39, 0.29) is 11.9 Å². The number of nitrogens with one attached hydrogen (secondary N) is 2. The highest BCUT2D eigenvalue weighted by atomic mass is 16.2. The smallest absolute Gasteiger partial charge is 0.244 e. The number of carbonyl (C=O) groups is 1. The maximum absolute atomic E-state index is 11.6. The maximum atomic E-state index is 11.6. The summed E-state index contributed by atoms with van der Waals surface area (Å²) >= 11 is 0. The van der Waals surface area contributed by atoms with E-state index >= 15 is 0 Å². The number of carbonyl (C=O) groups excluding carboxylic acids is 1. The molecule has 16 heavy (non-hydrogen) atoms. The summed E-state index contributed by atoms with van der Waals surface area (Å²) in [7, 11) is 3.40. The Bertz CT molecular complexity index is 367. The molecule has 1 heterocycles. The van der Waals surface area contributed by atoms with Gasteiger partial charge < -0.3 is 15.6 Å². The second-order valence-corrected chi connectivity index (χ2v) is 3.53. The van der Waals surface area contributed by atoms with Crippen LogP contribution in [0.4, 0.5) is 11.6 Å². The number of hydrogen-bond acceptors (Lipinski definition) is 6. The van der Waals surface area contributed by atoms with Crippen molar-refractivity contribution in [3.05, 3.63) is 12.4 Å². The van der Waals surface area contributed by atoms with Crippen molar-refractivity contribution in [3.8, 4) is 0 Å². The molecule has 0 aromatic carbocycles. The van der Waals surface area contributed by atoms with Crippen molar-refractivity contribution in [2.75, 3.05) is 24.8 Å². The highest BCUT2D eigenvalue weighted by molar-refractivity contribution is 5.83. The first-order valence-electron chi connectivity index (χ1n) is 4.81. The van der Waals surface area contributed by atoms with Gasteiger partial charge in [-0.2, -0.15) is 0 Å². The Morgan fingerprint density at radius 2 is 2.06 bits per heavy atom. The van der Waals surface area contributed by atoms with Crippen LogP contribution in [0.3, 0.4) is 0 Å². The fourth-order valence-corrected chi connectivity index (χ4v) is 1.18. The summed E-state index contributed by atoms with van der Waals surface area (Å²) in [5.74, 6) is 6.11. The summed E-state index contributed by atoms with van der Waals surface area (Å²) in [6.45, 7) is 1.76. The van der Waals surface area contributed by atoms with Crippen molar-refractivity contribution in [1.82, 2.24) is 14.9 Å². The minimum Gasteiger partial charge on any atom is -0.357 e. The molecule has 1 unspecified atom stereocenters. The van der Waals surface area contributed by atoms with Crippen molar-refractivity contribution in [1.29, 1.82) is 0 Å². The quantitative estimate of drug-likeness (QED) is 0.478. The largest absolute Gasteiger partial charge is 0.357 e. The number of likely N-dealkylation sites (N-methyl/N-ethyl adjacent to an activating group) is 1. The third-order valence-corrected chi connectivity index (χ3v) is 1.96. The molecular weight excluding hydrogens is 208 g/mol. The number of aromatic nitrogens is 2. The zero-order chi connectivity index (χ0) is 12.1. The van der Waals surface area contributed by atoms with Gasteiger partial charge in [0.1, 0.15) is 11.9 Å². The SMILES string of the molecule is CC(Nc1cncc(NN)n1)C(=O)N(C)C. The monoisotopic (exact) mass is 224 g/mol. The molecule has 4 N–H and O–H groups in total. The minimum absolute atomic E-state index is 0.0343. The lowest BCUT2D eigenvalue weighted by Crippen LogP contribution is -2.36. The number of nitrogens with zero attached hydrogens (tertiary/aromatic N) is 3. The molecule has 1 rings (SSSR count). The summed E-state index contributed by atoms with van der Waals surface area (Å²) in [4.78, 5) is 21.1. The number of anilines is 2. The lowest BCUT2D eigenvalue weighted by Gasteiger charge is -2.18. The molecule has 88 valence electrons. The average Bonchev–Trinajstić information content (AvgIpc) is 2.28. The number of hydrogen-bond donors (Lipinski definition) is 3. The second-order valence-electron chi connectivity index (χ2n) is 3.53. The van der Waals surface area contributed by atoms with E-state index in [1.54, 1.807) is 21.0 Å². The molecule has 0 fully saturated rings. The van der Waals surface area contributed by atoms with Crippen molar-refractivity contribution in [3.63, 3.8) is 0 Å². The van der Waals surface area contributed by atoms with Crippen LogP contribution in [0.25, 0.3) is 0 Å². The summed E-state index contributed by atoms with van der Waals surface area (Å²) < 4.78 is 0. The van der Waals surface area contributed by atoms with Crippen LogP contribution >= 0.6 is 0 Å². The Morgan fingerprint density at radius 1 is 1.44 bits per heavy atom. The van der Waals surface area contributed by atoms with Crippen LogP contribution in [0.1, 0.15) is 6.92 Å². The predicted octanol–water partition coefficient (Wildman–Crippen LogP) is -0.349. The molecule has 0 aliphatic rings. The fourth-order valence-electron chi connectivity index (χ4n) is 1.18. The molecule has 1 aromatic heterocycles. The van der Waals surface area contributed by atoms with Gasteiger partial charge in [-0.1, -0.05) is 0 Å². The molecule has 0 bridgehead atoms. The lowest BCUT2D eigenvalue weighted by molar-refractivity contribution is -0.129. The normalized spacial score (nSPS) is 11.8. The van der Waals surface area contributed by atoms with Crippen molar-refractivity contribution >= 4 is 17.5 Å². The molecular formula is C9H16N6O. The molecule has 7 nitrogen and oxygen atoms in total. The van der Waals surface area contributed by atoms with Gasteiger partial charge in [0.25, 0.3) is 0 Å². The lowest BCUT2D eigenvalue weighted by atomic mass is 10.3. The highest BCUT2D eigenvalue weighted by Gasteiger charge is 2.14. The first kappa shape index (κ1) is 12.2. The molecule has 0 saturated carbocycles. The van der Waals surface area contributed by atoms with Crippen molar-refractivity contribution in [2.45, 2.75) is 13.0 Å². The zero-order valence-electron chi connectivity index (χ0n) is 9.56. The standard InChI is InChI=1S/C9H16N6O/c1-6(9(16)15(2)3)12-7-4-11-5-8(13-7)14-10/h4-6H,10H2,1-3H3,(H2,12,13,14). The molecule has 1 atom stereocenters. The number of nitrogen functional groups attached to an aromatic ring is 1. The third-order valence-electron chi connectivity index (χ3n) is 1.96. The first-order chi connectivity index (χ1) is 7.54. The van der Waals surface area contributed by atoms with E-state index in [2.05, 4.69) is 20.7 Å². The van der Waals surface area contributed by atoms with Crippen LogP contribution in [0.15, 0.2) is 12.4 Å². The summed E-state index contributed by atoms with van der Waals surface area (Å²) in [6.07, 6.45) is 3.02. The molecule has 0 aliphatic carbocycles. The minimum atomic E-state index is -0.364. The predicted molar refractivity (Wildman–Crippen MR) is 61.6 cm³/mol. The Kier molecular flexibility index (Phi) is 4.01. The van der Waals surface area contributed by atoms with Crippen LogP contribution in [-0.4, -0.2) is 40.9 Å². The molecule has 0 aliphatic heterocycles. The van der Waals surface area contributed by atoms with Gasteiger partial charge in [0, 0.05) is 14.1 Å². The van der Waals surface area contributed by atoms with E-state index < -0.39 is 0 Å². The summed E-state index contributed by atoms with van der Waals surface area (Å²) in [5.41, 5.74) is 2.38. The molecule has 0 spiro atoms. The number of hydrazine groups is 1. The molecule has 0 radical (unpaired) electrons. The van der Waals surface area contributed by atoms with E-state index in [9.17, 15) is 4.79 Å². The number of nitrogens with two attached hydrogens (primary N) is 1. The average molecular weight is 224 g/mol. The van der Waals surface area contributed by atoms with Gasteiger partial charge >= 0.3 is 0 Å². The van der Waals surface area contributed by atoms with E-state index in [0.29, 0.717) is 11.6 Å². The van der Waals surface area contributed by atoms with E-state index in [1.165, 1.54) is 17.3 Å². The number of amides is 1. The van der Waals surface area contributed by atoms with Crippen LogP contribution in [-0.2, 0) is 4.79 Å². The Labute approximate surface area is 94.0 Å².